The number of aliphatic imine (C=N–C) groups is 1. The number of amidine groups is 1. The van der Waals surface area contributed by atoms with Crippen molar-refractivity contribution in [2.24, 2.45) is 10.7 Å². The molecule has 1 fully saturated rings. The molecule has 3 aromatic rings. The average molecular weight is 447 g/mol. The van der Waals surface area contributed by atoms with Crippen LogP contribution in [0.5, 0.6) is 0 Å². The lowest BCUT2D eigenvalue weighted by molar-refractivity contribution is -0.129. The van der Waals surface area contributed by atoms with Gasteiger partial charge in [-0.25, -0.2) is 4.98 Å². The first kappa shape index (κ1) is 22.1. The average Bonchev–Trinajstić information content (AvgIpc) is 3.22. The maximum atomic E-state index is 12.7. The number of amides is 2. The van der Waals surface area contributed by atoms with Crippen LogP contribution in [0.1, 0.15) is 35.2 Å². The van der Waals surface area contributed by atoms with Crippen LogP contribution in [-0.2, 0) is 16.8 Å². The molecule has 0 bridgehead atoms. The van der Waals surface area contributed by atoms with Crippen molar-refractivity contribution in [2.45, 2.75) is 31.2 Å². The molecule has 10 heteroatoms. The number of carbonyl (C=O) groups excluding carboxylic acids is 2. The van der Waals surface area contributed by atoms with Crippen molar-refractivity contribution in [3.63, 3.8) is 0 Å². The number of nitrogen functional groups attached to an aromatic ring is 1. The van der Waals surface area contributed by atoms with Crippen molar-refractivity contribution in [3.8, 4) is 11.3 Å². The molecule has 10 nitrogen and oxygen atoms in total. The zero-order chi connectivity index (χ0) is 23.6. The maximum Gasteiger partial charge on any atom is 0.281 e. The SMILES string of the molecule is CN(C)C(=O)Cn1cc(C(=O)N=C(N)C2(c3ccc(-c4cnc(N)cn4)cc3)CCC2)cn1. The van der Waals surface area contributed by atoms with Crippen LogP contribution in [0.15, 0.2) is 54.0 Å². The van der Waals surface area contributed by atoms with Crippen molar-refractivity contribution in [1.29, 1.82) is 0 Å². The Morgan fingerprint density at radius 2 is 1.85 bits per heavy atom. The van der Waals surface area contributed by atoms with Gasteiger partial charge in [-0.05, 0) is 18.4 Å². The number of nitrogens with zero attached hydrogens (tertiary/aromatic N) is 6. The van der Waals surface area contributed by atoms with Crippen LogP contribution in [0.3, 0.4) is 0 Å². The lowest BCUT2D eigenvalue weighted by atomic mass is 9.63. The van der Waals surface area contributed by atoms with Crippen LogP contribution in [0.2, 0.25) is 0 Å². The van der Waals surface area contributed by atoms with Crippen LogP contribution in [-0.4, -0.2) is 56.4 Å². The van der Waals surface area contributed by atoms with E-state index in [-0.39, 0.29) is 23.9 Å². The zero-order valence-electron chi connectivity index (χ0n) is 18.6. The monoisotopic (exact) mass is 446 g/mol. The minimum Gasteiger partial charge on any atom is -0.386 e. The van der Waals surface area contributed by atoms with E-state index in [0.29, 0.717) is 5.82 Å². The molecule has 1 aliphatic rings. The van der Waals surface area contributed by atoms with E-state index < -0.39 is 11.3 Å². The van der Waals surface area contributed by atoms with Gasteiger partial charge in [-0.2, -0.15) is 10.1 Å². The number of hydrogen-bond donors (Lipinski definition) is 2. The molecule has 4 rings (SSSR count). The van der Waals surface area contributed by atoms with Crippen LogP contribution in [0.4, 0.5) is 5.82 Å². The van der Waals surface area contributed by atoms with E-state index in [0.717, 1.165) is 36.1 Å². The van der Waals surface area contributed by atoms with Gasteiger partial charge >= 0.3 is 0 Å². The predicted molar refractivity (Wildman–Crippen MR) is 124 cm³/mol. The molecule has 0 atom stereocenters. The van der Waals surface area contributed by atoms with Gasteiger partial charge in [0.05, 0.1) is 35.3 Å². The van der Waals surface area contributed by atoms with Gasteiger partial charge in [0, 0.05) is 25.9 Å². The Morgan fingerprint density at radius 3 is 2.42 bits per heavy atom. The number of carbonyl (C=O) groups is 2. The highest BCUT2D eigenvalue weighted by Gasteiger charge is 2.43. The van der Waals surface area contributed by atoms with Crippen LogP contribution >= 0.6 is 0 Å². The summed E-state index contributed by atoms with van der Waals surface area (Å²) < 4.78 is 1.42. The van der Waals surface area contributed by atoms with Crippen molar-refractivity contribution < 1.29 is 9.59 Å². The van der Waals surface area contributed by atoms with Crippen LogP contribution < -0.4 is 11.5 Å². The Bertz CT molecular complexity index is 1190. The number of benzene rings is 1. The number of likely N-dealkylation sites (N-methyl/N-ethyl adjacent to an activating group) is 1. The Labute approximate surface area is 191 Å². The van der Waals surface area contributed by atoms with Crippen molar-refractivity contribution in [1.82, 2.24) is 24.6 Å². The summed E-state index contributed by atoms with van der Waals surface area (Å²) in [6, 6.07) is 7.89. The second-order valence-corrected chi connectivity index (χ2v) is 8.36. The third kappa shape index (κ3) is 4.45. The lowest BCUT2D eigenvalue weighted by Crippen LogP contribution is -2.47. The summed E-state index contributed by atoms with van der Waals surface area (Å²) in [4.78, 5) is 38.6. The first-order valence-corrected chi connectivity index (χ1v) is 10.6. The standard InChI is InChI=1S/C23H26N8O2/c1-30(2)20(32)14-31-13-16(10-28-31)21(33)29-22(25)23(8-3-9-23)17-6-4-15(5-7-17)18-11-27-19(24)12-26-18/h4-7,10-13H,3,8-9,14H2,1-2H3,(H2,24,27)(H2,25,29,33). The van der Waals surface area contributed by atoms with Crippen molar-refractivity contribution in [2.75, 3.05) is 19.8 Å². The molecule has 170 valence electrons. The van der Waals surface area contributed by atoms with Gasteiger partial charge in [-0.1, -0.05) is 30.7 Å². The molecular formula is C23H26N8O2. The van der Waals surface area contributed by atoms with Gasteiger partial charge in [-0.3, -0.25) is 19.3 Å². The Morgan fingerprint density at radius 1 is 1.12 bits per heavy atom. The molecule has 4 N–H and O–H groups in total. The second kappa shape index (κ2) is 8.81. The van der Waals surface area contributed by atoms with Crippen molar-refractivity contribution >= 4 is 23.5 Å². The van der Waals surface area contributed by atoms with Crippen LogP contribution in [0, 0.1) is 0 Å². The molecule has 2 heterocycles. The minimum absolute atomic E-state index is 0.0497. The van der Waals surface area contributed by atoms with E-state index in [1.54, 1.807) is 20.3 Å². The van der Waals surface area contributed by atoms with E-state index in [1.165, 1.54) is 28.2 Å². The fraction of sp³-hybridized carbons (Fsp3) is 0.304. The third-order valence-electron chi connectivity index (χ3n) is 6.00. The third-order valence-corrected chi connectivity index (χ3v) is 6.00. The van der Waals surface area contributed by atoms with Gasteiger partial charge in [0.1, 0.15) is 18.2 Å². The molecule has 1 aliphatic carbocycles. The first-order chi connectivity index (χ1) is 15.8. The van der Waals surface area contributed by atoms with E-state index in [9.17, 15) is 9.59 Å². The maximum absolute atomic E-state index is 12.7. The Kier molecular flexibility index (Phi) is 5.91. The predicted octanol–water partition coefficient (Wildman–Crippen LogP) is 1.63. The van der Waals surface area contributed by atoms with E-state index >= 15 is 0 Å². The summed E-state index contributed by atoms with van der Waals surface area (Å²) in [5.41, 5.74) is 14.4. The van der Waals surface area contributed by atoms with Gasteiger partial charge in [0.15, 0.2) is 0 Å². The van der Waals surface area contributed by atoms with Gasteiger partial charge in [0.2, 0.25) is 5.91 Å². The molecule has 1 saturated carbocycles. The number of aromatic nitrogens is 4. The number of rotatable bonds is 6. The zero-order valence-corrected chi connectivity index (χ0v) is 18.6. The normalized spacial score (nSPS) is 15.0. The molecule has 2 aromatic heterocycles. The largest absolute Gasteiger partial charge is 0.386 e. The number of nitrogens with two attached hydrogens (primary N) is 2. The lowest BCUT2D eigenvalue weighted by Gasteiger charge is -2.41. The summed E-state index contributed by atoms with van der Waals surface area (Å²) in [6.45, 7) is 0.0497. The summed E-state index contributed by atoms with van der Waals surface area (Å²) >= 11 is 0. The molecule has 0 unspecified atom stereocenters. The molecule has 0 radical (unpaired) electrons. The fourth-order valence-corrected chi connectivity index (χ4v) is 3.79. The molecule has 2 amide bonds. The summed E-state index contributed by atoms with van der Waals surface area (Å²) in [7, 11) is 3.33. The minimum atomic E-state index is -0.476. The highest BCUT2D eigenvalue weighted by Crippen LogP contribution is 2.44. The van der Waals surface area contributed by atoms with Gasteiger partial charge in [0.25, 0.3) is 5.91 Å². The van der Waals surface area contributed by atoms with E-state index in [4.69, 9.17) is 11.5 Å². The van der Waals surface area contributed by atoms with Crippen LogP contribution in [0.25, 0.3) is 11.3 Å². The van der Waals surface area contributed by atoms with Gasteiger partial charge in [-0.15, -0.1) is 0 Å². The Hall–Kier alpha value is -4.08. The highest BCUT2D eigenvalue weighted by molar-refractivity contribution is 6.06. The molecule has 1 aromatic carbocycles. The molecule has 0 spiro atoms. The van der Waals surface area contributed by atoms with E-state index in [1.807, 2.05) is 24.3 Å². The quantitative estimate of drug-likeness (QED) is 0.432. The Balaban J connectivity index is 1.53. The second-order valence-electron chi connectivity index (χ2n) is 8.36. The number of anilines is 1. The molecule has 33 heavy (non-hydrogen) atoms. The molecular weight excluding hydrogens is 420 g/mol. The molecule has 0 aliphatic heterocycles. The summed E-state index contributed by atoms with van der Waals surface area (Å²) in [5, 5.41) is 4.08. The smallest absolute Gasteiger partial charge is 0.281 e. The summed E-state index contributed by atoms with van der Waals surface area (Å²) in [6.07, 6.45) is 8.69. The van der Waals surface area contributed by atoms with E-state index in [2.05, 4.69) is 20.1 Å². The number of hydrogen-bond acceptors (Lipinski definition) is 6. The highest BCUT2D eigenvalue weighted by atomic mass is 16.2. The first-order valence-electron chi connectivity index (χ1n) is 10.6. The van der Waals surface area contributed by atoms with Crippen molar-refractivity contribution in [3.05, 3.63) is 60.2 Å². The topological polar surface area (TPSA) is 145 Å². The molecule has 0 saturated heterocycles. The summed E-state index contributed by atoms with van der Waals surface area (Å²) in [5.74, 6) is 0.0567. The fourth-order valence-electron chi connectivity index (χ4n) is 3.79. The van der Waals surface area contributed by atoms with Gasteiger partial charge < -0.3 is 16.4 Å².